The molecule has 1 N–H and O–H groups in total. The number of furan rings is 1. The molecule has 2 heterocycles. The topological polar surface area (TPSA) is 42.2 Å². The molecule has 1 saturated heterocycles. The zero-order valence-electron chi connectivity index (χ0n) is 12.9. The Balaban J connectivity index is 1.61. The van der Waals surface area contributed by atoms with Crippen LogP contribution in [0.3, 0.4) is 0 Å². The quantitative estimate of drug-likeness (QED) is 0.787. The summed E-state index contributed by atoms with van der Waals surface area (Å²) in [6.07, 6.45) is 4.26. The molecule has 0 atom stereocenters. The molecular formula is C19H19NO2S. The number of rotatable bonds is 3. The van der Waals surface area contributed by atoms with E-state index in [2.05, 4.69) is 23.5 Å². The maximum absolute atomic E-state index is 12.4. The second kappa shape index (κ2) is 6.28. The Bertz CT molecular complexity index is 849. The van der Waals surface area contributed by atoms with E-state index < -0.39 is 0 Å². The van der Waals surface area contributed by atoms with E-state index in [1.54, 1.807) is 6.26 Å². The summed E-state index contributed by atoms with van der Waals surface area (Å²) >= 11 is 1.97. The molecular weight excluding hydrogens is 306 g/mol. The maximum Gasteiger partial charge on any atom is 0.224 e. The minimum Gasteiger partial charge on any atom is -0.464 e. The second-order valence-corrected chi connectivity index (χ2v) is 7.28. The Labute approximate surface area is 139 Å². The van der Waals surface area contributed by atoms with Crippen LogP contribution in [0.1, 0.15) is 18.4 Å². The van der Waals surface area contributed by atoms with Crippen LogP contribution in [0, 0.1) is 0 Å². The fraction of sp³-hybridized carbons (Fsp3) is 0.316. The van der Waals surface area contributed by atoms with Crippen LogP contribution < -0.4 is 5.32 Å². The maximum atomic E-state index is 12.4. The Kier molecular flexibility index (Phi) is 4.00. The van der Waals surface area contributed by atoms with Gasteiger partial charge in [0.15, 0.2) is 0 Å². The number of hydrogen-bond acceptors (Lipinski definition) is 3. The lowest BCUT2D eigenvalue weighted by Gasteiger charge is -2.22. The van der Waals surface area contributed by atoms with E-state index in [0.29, 0.717) is 12.5 Å². The second-order valence-electron chi connectivity index (χ2n) is 6.05. The predicted octanol–water partition coefficient (Wildman–Crippen LogP) is 4.14. The summed E-state index contributed by atoms with van der Waals surface area (Å²) in [6.45, 7) is 0. The third-order valence-electron chi connectivity index (χ3n) is 4.48. The molecule has 0 spiro atoms. The van der Waals surface area contributed by atoms with E-state index >= 15 is 0 Å². The van der Waals surface area contributed by atoms with Crippen LogP contribution in [0.25, 0.3) is 21.7 Å². The van der Waals surface area contributed by atoms with Gasteiger partial charge in [-0.2, -0.15) is 11.8 Å². The van der Waals surface area contributed by atoms with Gasteiger partial charge in [0, 0.05) is 17.0 Å². The Morgan fingerprint density at radius 2 is 2.00 bits per heavy atom. The Morgan fingerprint density at radius 1 is 1.17 bits per heavy atom. The van der Waals surface area contributed by atoms with Crippen molar-refractivity contribution >= 4 is 39.4 Å². The molecule has 1 amide bonds. The minimum absolute atomic E-state index is 0.0949. The van der Waals surface area contributed by atoms with E-state index in [4.69, 9.17) is 4.42 Å². The first-order valence-corrected chi connectivity index (χ1v) is 9.21. The normalized spacial score (nSPS) is 16.0. The van der Waals surface area contributed by atoms with Gasteiger partial charge in [0.1, 0.15) is 5.58 Å². The van der Waals surface area contributed by atoms with Crippen molar-refractivity contribution in [2.75, 3.05) is 11.5 Å². The average Bonchev–Trinajstić information content (AvgIpc) is 2.99. The number of amides is 1. The van der Waals surface area contributed by atoms with Crippen molar-refractivity contribution in [1.82, 2.24) is 5.32 Å². The Morgan fingerprint density at radius 3 is 2.87 bits per heavy atom. The highest BCUT2D eigenvalue weighted by atomic mass is 32.2. The molecule has 1 aliphatic rings. The van der Waals surface area contributed by atoms with Crippen LogP contribution in [0.15, 0.2) is 47.1 Å². The molecule has 1 aromatic heterocycles. The number of thioether (sulfide) groups is 1. The summed E-state index contributed by atoms with van der Waals surface area (Å²) in [5, 5.41) is 6.57. The van der Waals surface area contributed by atoms with Gasteiger partial charge in [-0.05, 0) is 41.2 Å². The molecule has 0 unspecified atom stereocenters. The fourth-order valence-corrected chi connectivity index (χ4v) is 4.40. The van der Waals surface area contributed by atoms with Gasteiger partial charge in [0.2, 0.25) is 5.91 Å². The lowest BCUT2D eigenvalue weighted by Crippen LogP contribution is -2.38. The van der Waals surface area contributed by atoms with Crippen molar-refractivity contribution in [3.05, 3.63) is 48.2 Å². The number of carbonyl (C=O) groups is 1. The van der Waals surface area contributed by atoms with E-state index in [0.717, 1.165) is 46.3 Å². The van der Waals surface area contributed by atoms with Crippen LogP contribution in [0.4, 0.5) is 0 Å². The van der Waals surface area contributed by atoms with E-state index in [-0.39, 0.29) is 5.91 Å². The highest BCUT2D eigenvalue weighted by Crippen LogP contribution is 2.30. The molecule has 0 saturated carbocycles. The molecule has 0 radical (unpaired) electrons. The van der Waals surface area contributed by atoms with E-state index in [9.17, 15) is 4.79 Å². The first-order chi connectivity index (χ1) is 11.3. The molecule has 3 nitrogen and oxygen atoms in total. The van der Waals surface area contributed by atoms with Crippen LogP contribution in [0.2, 0.25) is 0 Å². The largest absolute Gasteiger partial charge is 0.464 e. The molecule has 0 aliphatic carbocycles. The SMILES string of the molecule is O=C(Cc1coc2ccc3ccccc3c12)NC1CCSCC1. The summed E-state index contributed by atoms with van der Waals surface area (Å²) < 4.78 is 5.66. The van der Waals surface area contributed by atoms with Gasteiger partial charge in [-0.3, -0.25) is 4.79 Å². The third kappa shape index (κ3) is 2.95. The van der Waals surface area contributed by atoms with Crippen molar-refractivity contribution in [1.29, 1.82) is 0 Å². The molecule has 4 rings (SSSR count). The molecule has 0 bridgehead atoms. The predicted molar refractivity (Wildman–Crippen MR) is 95.9 cm³/mol. The summed E-state index contributed by atoms with van der Waals surface area (Å²) in [6, 6.07) is 12.6. The molecule has 2 aromatic carbocycles. The van der Waals surface area contributed by atoms with Crippen molar-refractivity contribution < 1.29 is 9.21 Å². The van der Waals surface area contributed by atoms with Crippen LogP contribution in [-0.4, -0.2) is 23.5 Å². The van der Waals surface area contributed by atoms with Gasteiger partial charge in [-0.1, -0.05) is 30.3 Å². The monoisotopic (exact) mass is 325 g/mol. The highest BCUT2D eigenvalue weighted by Gasteiger charge is 2.18. The van der Waals surface area contributed by atoms with Crippen LogP contribution >= 0.6 is 11.8 Å². The third-order valence-corrected chi connectivity index (χ3v) is 5.53. The van der Waals surface area contributed by atoms with Crippen molar-refractivity contribution in [2.45, 2.75) is 25.3 Å². The number of benzene rings is 2. The lowest BCUT2D eigenvalue weighted by atomic mass is 10.0. The summed E-state index contributed by atoms with van der Waals surface area (Å²) in [4.78, 5) is 12.4. The fourth-order valence-electron chi connectivity index (χ4n) is 3.30. The van der Waals surface area contributed by atoms with Gasteiger partial charge in [-0.25, -0.2) is 0 Å². The summed E-state index contributed by atoms with van der Waals surface area (Å²) in [5.74, 6) is 2.38. The lowest BCUT2D eigenvalue weighted by molar-refractivity contribution is -0.121. The van der Waals surface area contributed by atoms with Gasteiger partial charge in [0.25, 0.3) is 0 Å². The molecule has 1 fully saturated rings. The molecule has 1 aliphatic heterocycles. The number of fused-ring (bicyclic) bond motifs is 3. The zero-order chi connectivity index (χ0) is 15.6. The summed E-state index contributed by atoms with van der Waals surface area (Å²) in [5.41, 5.74) is 1.82. The number of carbonyl (C=O) groups excluding carboxylic acids is 1. The highest BCUT2D eigenvalue weighted by molar-refractivity contribution is 7.99. The van der Waals surface area contributed by atoms with Crippen LogP contribution in [-0.2, 0) is 11.2 Å². The molecule has 118 valence electrons. The molecule has 4 heteroatoms. The smallest absolute Gasteiger partial charge is 0.224 e. The molecule has 23 heavy (non-hydrogen) atoms. The van der Waals surface area contributed by atoms with E-state index in [1.807, 2.05) is 30.0 Å². The number of hydrogen-bond donors (Lipinski definition) is 1. The zero-order valence-corrected chi connectivity index (χ0v) is 13.7. The molecule has 3 aromatic rings. The standard InChI is InChI=1S/C19H19NO2S/c21-18(20-15-7-9-23-10-8-15)11-14-12-22-17-6-5-13-3-1-2-4-16(13)19(14)17/h1-6,12,15H,7-11H2,(H,20,21). The van der Waals surface area contributed by atoms with Gasteiger partial charge >= 0.3 is 0 Å². The summed E-state index contributed by atoms with van der Waals surface area (Å²) in [7, 11) is 0. The minimum atomic E-state index is 0.0949. The van der Waals surface area contributed by atoms with Crippen molar-refractivity contribution in [3.63, 3.8) is 0 Å². The van der Waals surface area contributed by atoms with Crippen molar-refractivity contribution in [3.8, 4) is 0 Å². The number of nitrogens with one attached hydrogen (secondary N) is 1. The van der Waals surface area contributed by atoms with Gasteiger partial charge in [-0.15, -0.1) is 0 Å². The first kappa shape index (κ1) is 14.6. The van der Waals surface area contributed by atoms with Crippen LogP contribution in [0.5, 0.6) is 0 Å². The van der Waals surface area contributed by atoms with Gasteiger partial charge in [0.05, 0.1) is 12.7 Å². The van der Waals surface area contributed by atoms with Gasteiger partial charge < -0.3 is 9.73 Å². The first-order valence-electron chi connectivity index (χ1n) is 8.06. The average molecular weight is 325 g/mol. The van der Waals surface area contributed by atoms with E-state index in [1.165, 1.54) is 5.39 Å². The Hall–Kier alpha value is -1.94. The van der Waals surface area contributed by atoms with Crippen molar-refractivity contribution in [2.24, 2.45) is 0 Å².